The van der Waals surface area contributed by atoms with Crippen molar-refractivity contribution in [1.82, 2.24) is 10.6 Å². The van der Waals surface area contributed by atoms with Crippen LogP contribution in [0.1, 0.15) is 24.9 Å². The van der Waals surface area contributed by atoms with Gasteiger partial charge in [0.2, 0.25) is 5.91 Å². The Labute approximate surface area is 112 Å². The Morgan fingerprint density at radius 1 is 1.44 bits per heavy atom. The van der Waals surface area contributed by atoms with Crippen LogP contribution in [0.15, 0.2) is 24.3 Å². The molecular formula is C13H16ClN3O. The predicted octanol–water partition coefficient (Wildman–Crippen LogP) is 2.02. The molecule has 1 atom stereocenters. The molecule has 1 aromatic rings. The highest BCUT2D eigenvalue weighted by Crippen LogP contribution is 2.15. The molecule has 0 aliphatic rings. The van der Waals surface area contributed by atoms with Crippen LogP contribution < -0.4 is 10.6 Å². The van der Waals surface area contributed by atoms with E-state index in [0.717, 1.165) is 5.56 Å². The minimum Gasteiger partial charge on any atom is -0.354 e. The summed E-state index contributed by atoms with van der Waals surface area (Å²) in [5.41, 5.74) is 1.07. The van der Waals surface area contributed by atoms with Crippen molar-refractivity contribution >= 4 is 17.5 Å². The number of carbonyl (C=O) groups is 1. The van der Waals surface area contributed by atoms with Gasteiger partial charge in [0.1, 0.15) is 0 Å². The number of hydrogen-bond donors (Lipinski definition) is 2. The molecule has 0 fully saturated rings. The van der Waals surface area contributed by atoms with Gasteiger partial charge < -0.3 is 10.6 Å². The fourth-order valence-electron chi connectivity index (χ4n) is 1.44. The van der Waals surface area contributed by atoms with E-state index < -0.39 is 0 Å². The molecule has 1 amide bonds. The van der Waals surface area contributed by atoms with Gasteiger partial charge in [-0.05, 0) is 24.6 Å². The van der Waals surface area contributed by atoms with Crippen LogP contribution in [0, 0.1) is 11.3 Å². The van der Waals surface area contributed by atoms with E-state index in [9.17, 15) is 4.79 Å². The summed E-state index contributed by atoms with van der Waals surface area (Å²) in [6.07, 6.45) is 0.332. The largest absolute Gasteiger partial charge is 0.354 e. The molecule has 96 valence electrons. The molecule has 0 aliphatic heterocycles. The van der Waals surface area contributed by atoms with Crippen LogP contribution in [-0.2, 0) is 4.79 Å². The number of nitrogens with zero attached hydrogens (tertiary/aromatic N) is 1. The van der Waals surface area contributed by atoms with Gasteiger partial charge in [-0.25, -0.2) is 0 Å². The minimum absolute atomic E-state index is 0.0731. The molecule has 0 saturated carbocycles. The van der Waals surface area contributed by atoms with Gasteiger partial charge in [-0.15, -0.1) is 0 Å². The SMILES string of the molecule is C[C@@H](NCC(=O)NCCC#N)c1ccc(Cl)cc1. The van der Waals surface area contributed by atoms with E-state index in [1.807, 2.05) is 37.3 Å². The number of benzene rings is 1. The normalized spacial score (nSPS) is 11.6. The molecule has 4 nitrogen and oxygen atoms in total. The molecule has 0 aliphatic carbocycles. The summed E-state index contributed by atoms with van der Waals surface area (Å²) in [5.74, 6) is -0.105. The van der Waals surface area contributed by atoms with Gasteiger partial charge in [-0.1, -0.05) is 23.7 Å². The fraction of sp³-hybridized carbons (Fsp3) is 0.385. The molecule has 0 radical (unpaired) electrons. The van der Waals surface area contributed by atoms with E-state index in [-0.39, 0.29) is 18.5 Å². The lowest BCUT2D eigenvalue weighted by molar-refractivity contribution is -0.120. The second-order valence-corrected chi connectivity index (χ2v) is 4.35. The Balaban J connectivity index is 2.32. The Morgan fingerprint density at radius 2 is 2.11 bits per heavy atom. The molecule has 0 aromatic heterocycles. The number of amides is 1. The molecule has 0 spiro atoms. The van der Waals surface area contributed by atoms with Gasteiger partial charge >= 0.3 is 0 Å². The van der Waals surface area contributed by atoms with Crippen LogP contribution in [0.2, 0.25) is 5.02 Å². The lowest BCUT2D eigenvalue weighted by Crippen LogP contribution is -2.35. The zero-order valence-corrected chi connectivity index (χ0v) is 11.0. The number of hydrogen-bond acceptors (Lipinski definition) is 3. The van der Waals surface area contributed by atoms with Crippen LogP contribution in [0.25, 0.3) is 0 Å². The Bertz CT molecular complexity index is 425. The summed E-state index contributed by atoms with van der Waals surface area (Å²) in [4.78, 5) is 11.4. The van der Waals surface area contributed by atoms with Crippen molar-refractivity contribution in [3.8, 4) is 6.07 Å². The van der Waals surface area contributed by atoms with Gasteiger partial charge in [-0.2, -0.15) is 5.26 Å². The first kappa shape index (κ1) is 14.5. The maximum atomic E-state index is 11.4. The summed E-state index contributed by atoms with van der Waals surface area (Å²) in [7, 11) is 0. The van der Waals surface area contributed by atoms with E-state index in [4.69, 9.17) is 16.9 Å². The first-order chi connectivity index (χ1) is 8.63. The molecular weight excluding hydrogens is 250 g/mol. The van der Waals surface area contributed by atoms with Crippen molar-refractivity contribution in [1.29, 1.82) is 5.26 Å². The summed E-state index contributed by atoms with van der Waals surface area (Å²) >= 11 is 5.80. The number of nitrogens with one attached hydrogen (secondary N) is 2. The van der Waals surface area contributed by atoms with Crippen molar-refractivity contribution in [2.24, 2.45) is 0 Å². The van der Waals surface area contributed by atoms with Crippen LogP contribution in [0.3, 0.4) is 0 Å². The van der Waals surface area contributed by atoms with E-state index in [1.165, 1.54) is 0 Å². The smallest absolute Gasteiger partial charge is 0.234 e. The first-order valence-corrected chi connectivity index (χ1v) is 6.13. The van der Waals surface area contributed by atoms with Gasteiger partial charge in [0.15, 0.2) is 0 Å². The average molecular weight is 266 g/mol. The molecule has 0 bridgehead atoms. The fourth-order valence-corrected chi connectivity index (χ4v) is 1.56. The van der Waals surface area contributed by atoms with Gasteiger partial charge in [-0.3, -0.25) is 4.79 Å². The molecule has 5 heteroatoms. The summed E-state index contributed by atoms with van der Waals surface area (Å²) < 4.78 is 0. The molecule has 2 N–H and O–H groups in total. The highest BCUT2D eigenvalue weighted by atomic mass is 35.5. The Morgan fingerprint density at radius 3 is 2.72 bits per heavy atom. The number of nitriles is 1. The maximum Gasteiger partial charge on any atom is 0.234 e. The van der Waals surface area contributed by atoms with E-state index in [2.05, 4.69) is 10.6 Å². The van der Waals surface area contributed by atoms with Crippen LogP contribution in [-0.4, -0.2) is 19.0 Å². The topological polar surface area (TPSA) is 64.9 Å². The van der Waals surface area contributed by atoms with Crippen LogP contribution in [0.4, 0.5) is 0 Å². The first-order valence-electron chi connectivity index (χ1n) is 5.76. The third-order valence-corrected chi connectivity index (χ3v) is 2.75. The van der Waals surface area contributed by atoms with Crippen molar-refractivity contribution in [3.05, 3.63) is 34.9 Å². The average Bonchev–Trinajstić information content (AvgIpc) is 2.37. The van der Waals surface area contributed by atoms with Crippen LogP contribution >= 0.6 is 11.6 Å². The summed E-state index contributed by atoms with van der Waals surface area (Å²) in [5, 5.41) is 14.8. The maximum absolute atomic E-state index is 11.4. The lowest BCUT2D eigenvalue weighted by Gasteiger charge is -2.14. The number of carbonyl (C=O) groups excluding carboxylic acids is 1. The second kappa shape index (κ2) is 7.70. The molecule has 0 saturated heterocycles. The minimum atomic E-state index is -0.105. The van der Waals surface area contributed by atoms with E-state index >= 15 is 0 Å². The molecule has 0 heterocycles. The third kappa shape index (κ3) is 5.17. The van der Waals surface area contributed by atoms with Crippen molar-refractivity contribution in [3.63, 3.8) is 0 Å². The Kier molecular flexibility index (Phi) is 6.20. The molecule has 1 aromatic carbocycles. The number of rotatable bonds is 6. The highest BCUT2D eigenvalue weighted by Gasteiger charge is 2.07. The van der Waals surface area contributed by atoms with Crippen molar-refractivity contribution in [2.45, 2.75) is 19.4 Å². The predicted molar refractivity (Wildman–Crippen MR) is 71.1 cm³/mol. The van der Waals surface area contributed by atoms with Gasteiger partial charge in [0.25, 0.3) is 0 Å². The highest BCUT2D eigenvalue weighted by molar-refractivity contribution is 6.30. The third-order valence-electron chi connectivity index (χ3n) is 2.50. The standard InChI is InChI=1S/C13H16ClN3O/c1-10(11-3-5-12(14)6-4-11)17-9-13(18)16-8-2-7-15/h3-6,10,17H,2,8-9H2,1H3,(H,16,18)/t10-/m1/s1. The summed E-state index contributed by atoms with van der Waals surface area (Å²) in [6, 6.07) is 9.54. The molecule has 0 unspecified atom stereocenters. The zero-order valence-electron chi connectivity index (χ0n) is 10.2. The van der Waals surface area contributed by atoms with E-state index in [0.29, 0.717) is 18.0 Å². The van der Waals surface area contributed by atoms with Crippen LogP contribution in [0.5, 0.6) is 0 Å². The van der Waals surface area contributed by atoms with Gasteiger partial charge in [0.05, 0.1) is 19.0 Å². The molecule has 18 heavy (non-hydrogen) atoms. The molecule has 1 rings (SSSR count). The number of halogens is 1. The van der Waals surface area contributed by atoms with E-state index in [1.54, 1.807) is 0 Å². The Hall–Kier alpha value is -1.57. The van der Waals surface area contributed by atoms with Gasteiger partial charge in [0, 0.05) is 17.6 Å². The van der Waals surface area contributed by atoms with Crippen molar-refractivity contribution in [2.75, 3.05) is 13.1 Å². The zero-order chi connectivity index (χ0) is 13.4. The lowest BCUT2D eigenvalue weighted by atomic mass is 10.1. The van der Waals surface area contributed by atoms with Crippen molar-refractivity contribution < 1.29 is 4.79 Å². The summed E-state index contributed by atoms with van der Waals surface area (Å²) in [6.45, 7) is 2.60. The quantitative estimate of drug-likeness (QED) is 0.774. The second-order valence-electron chi connectivity index (χ2n) is 3.91. The monoisotopic (exact) mass is 265 g/mol.